The lowest BCUT2D eigenvalue weighted by Crippen LogP contribution is -2.07. The van der Waals surface area contributed by atoms with Gasteiger partial charge < -0.3 is 5.32 Å². The number of rotatable bonds is 3. The van der Waals surface area contributed by atoms with Gasteiger partial charge >= 0.3 is 0 Å². The summed E-state index contributed by atoms with van der Waals surface area (Å²) < 4.78 is 40.5. The Balaban J connectivity index is 2.74. The summed E-state index contributed by atoms with van der Waals surface area (Å²) in [6.07, 6.45) is 0. The molecule has 2 aromatic rings. The zero-order chi connectivity index (χ0) is 15.7. The molecule has 0 unspecified atom stereocenters. The molecule has 0 aliphatic rings. The molecule has 0 saturated heterocycles. The third-order valence-electron chi connectivity index (χ3n) is 3.21. The second-order valence-corrected chi connectivity index (χ2v) is 5.03. The van der Waals surface area contributed by atoms with E-state index in [1.807, 2.05) is 13.8 Å². The molecule has 2 rings (SSSR count). The van der Waals surface area contributed by atoms with Gasteiger partial charge in [-0.15, -0.1) is 0 Å². The van der Waals surface area contributed by atoms with Crippen molar-refractivity contribution in [1.29, 1.82) is 0 Å². The largest absolute Gasteiger partial charge is 0.373 e. The number of aromatic nitrogens is 2. The zero-order valence-electron chi connectivity index (χ0n) is 12.3. The lowest BCUT2D eigenvalue weighted by atomic mass is 10.0. The normalized spacial score (nSPS) is 11.0. The molecule has 0 atom stereocenters. The van der Waals surface area contributed by atoms with Crippen molar-refractivity contribution >= 4 is 5.82 Å². The molecule has 1 heterocycles. The molecule has 0 aliphatic heterocycles. The maximum absolute atomic E-state index is 14.0. The van der Waals surface area contributed by atoms with Crippen molar-refractivity contribution < 1.29 is 13.2 Å². The molecule has 0 radical (unpaired) electrons. The number of halogens is 3. The van der Waals surface area contributed by atoms with Crippen LogP contribution in [0.4, 0.5) is 19.0 Å². The van der Waals surface area contributed by atoms with E-state index < -0.39 is 17.5 Å². The molecule has 112 valence electrons. The first-order valence-electron chi connectivity index (χ1n) is 6.57. The minimum atomic E-state index is -1.50. The molecular formula is C15H16F3N3. The Morgan fingerprint density at radius 1 is 1.05 bits per heavy atom. The van der Waals surface area contributed by atoms with Crippen LogP contribution in [-0.2, 0) is 0 Å². The van der Waals surface area contributed by atoms with E-state index in [1.165, 1.54) is 6.07 Å². The minimum absolute atomic E-state index is 0.0183. The fourth-order valence-corrected chi connectivity index (χ4v) is 2.01. The van der Waals surface area contributed by atoms with E-state index in [4.69, 9.17) is 0 Å². The van der Waals surface area contributed by atoms with E-state index in [0.29, 0.717) is 17.2 Å². The van der Waals surface area contributed by atoms with Crippen molar-refractivity contribution in [1.82, 2.24) is 9.97 Å². The highest BCUT2D eigenvalue weighted by molar-refractivity contribution is 5.68. The van der Waals surface area contributed by atoms with Crippen LogP contribution in [0.25, 0.3) is 11.3 Å². The van der Waals surface area contributed by atoms with Gasteiger partial charge in [0, 0.05) is 24.1 Å². The predicted octanol–water partition coefficient (Wildman–Crippen LogP) is 4.03. The number of nitrogens with zero attached hydrogens (tertiary/aromatic N) is 2. The standard InChI is InChI=1S/C15H16F3N3/c1-7(2)14-20-13(8(3)15(19-4)21-14)9-5-6-10(16)12(18)11(9)17/h5-7H,1-4H3,(H,19,20,21). The number of benzene rings is 1. The number of hydrogen-bond acceptors (Lipinski definition) is 3. The Kier molecular flexibility index (Phi) is 4.16. The Bertz CT molecular complexity index is 684. The Morgan fingerprint density at radius 3 is 2.29 bits per heavy atom. The first kappa shape index (κ1) is 15.3. The highest BCUT2D eigenvalue weighted by Crippen LogP contribution is 2.30. The van der Waals surface area contributed by atoms with Crippen molar-refractivity contribution in [3.8, 4) is 11.3 Å². The van der Waals surface area contributed by atoms with Gasteiger partial charge in [-0.25, -0.2) is 23.1 Å². The summed E-state index contributed by atoms with van der Waals surface area (Å²) in [6.45, 7) is 5.50. The topological polar surface area (TPSA) is 37.8 Å². The first-order chi connectivity index (χ1) is 9.86. The summed E-state index contributed by atoms with van der Waals surface area (Å²) in [4.78, 5) is 8.64. The van der Waals surface area contributed by atoms with E-state index in [2.05, 4.69) is 15.3 Å². The molecule has 0 aliphatic carbocycles. The molecule has 6 heteroatoms. The molecule has 1 aromatic heterocycles. The van der Waals surface area contributed by atoms with Crippen molar-refractivity contribution in [3.05, 3.63) is 41.0 Å². The molecule has 3 nitrogen and oxygen atoms in total. The summed E-state index contributed by atoms with van der Waals surface area (Å²) in [6, 6.07) is 2.08. The smallest absolute Gasteiger partial charge is 0.195 e. The molecule has 0 saturated carbocycles. The van der Waals surface area contributed by atoms with Crippen LogP contribution in [0.2, 0.25) is 0 Å². The van der Waals surface area contributed by atoms with Gasteiger partial charge in [0.15, 0.2) is 17.5 Å². The fourth-order valence-electron chi connectivity index (χ4n) is 2.01. The van der Waals surface area contributed by atoms with Crippen LogP contribution in [0.5, 0.6) is 0 Å². The summed E-state index contributed by atoms with van der Waals surface area (Å²) in [5.74, 6) is -2.90. The lowest BCUT2D eigenvalue weighted by Gasteiger charge is -2.14. The van der Waals surface area contributed by atoms with Gasteiger partial charge in [-0.05, 0) is 19.1 Å². The van der Waals surface area contributed by atoms with Gasteiger partial charge in [0.2, 0.25) is 0 Å². The highest BCUT2D eigenvalue weighted by atomic mass is 19.2. The van der Waals surface area contributed by atoms with Gasteiger partial charge in [-0.2, -0.15) is 0 Å². The first-order valence-corrected chi connectivity index (χ1v) is 6.57. The Labute approximate surface area is 121 Å². The van der Waals surface area contributed by atoms with E-state index >= 15 is 0 Å². The van der Waals surface area contributed by atoms with E-state index in [-0.39, 0.29) is 17.2 Å². The summed E-state index contributed by atoms with van der Waals surface area (Å²) >= 11 is 0. The molecular weight excluding hydrogens is 279 g/mol. The van der Waals surface area contributed by atoms with E-state index in [1.54, 1.807) is 14.0 Å². The molecule has 1 aromatic carbocycles. The minimum Gasteiger partial charge on any atom is -0.373 e. The van der Waals surface area contributed by atoms with Crippen molar-refractivity contribution in [2.45, 2.75) is 26.7 Å². The van der Waals surface area contributed by atoms with Crippen LogP contribution in [0.15, 0.2) is 12.1 Å². The number of nitrogens with one attached hydrogen (secondary N) is 1. The van der Waals surface area contributed by atoms with E-state index in [0.717, 1.165) is 6.07 Å². The maximum atomic E-state index is 14.0. The van der Waals surface area contributed by atoms with Crippen LogP contribution >= 0.6 is 0 Å². The second kappa shape index (κ2) is 5.71. The summed E-state index contributed by atoms with van der Waals surface area (Å²) in [7, 11) is 1.69. The third-order valence-corrected chi connectivity index (χ3v) is 3.21. The van der Waals surface area contributed by atoms with Gasteiger partial charge in [0.1, 0.15) is 11.6 Å². The van der Waals surface area contributed by atoms with Crippen LogP contribution in [0.3, 0.4) is 0 Å². The van der Waals surface area contributed by atoms with Crippen molar-refractivity contribution in [3.63, 3.8) is 0 Å². The zero-order valence-corrected chi connectivity index (χ0v) is 12.3. The lowest BCUT2D eigenvalue weighted by molar-refractivity contribution is 0.448. The van der Waals surface area contributed by atoms with Crippen molar-refractivity contribution in [2.24, 2.45) is 0 Å². The summed E-state index contributed by atoms with van der Waals surface area (Å²) in [5.41, 5.74) is 0.758. The molecule has 0 amide bonds. The van der Waals surface area contributed by atoms with Gasteiger partial charge in [-0.1, -0.05) is 13.8 Å². The second-order valence-electron chi connectivity index (χ2n) is 5.03. The molecule has 0 spiro atoms. The molecule has 1 N–H and O–H groups in total. The average molecular weight is 295 g/mol. The number of anilines is 1. The SMILES string of the molecule is CNc1nc(C(C)C)nc(-c2ccc(F)c(F)c2F)c1C. The quantitative estimate of drug-likeness (QED) is 0.869. The monoisotopic (exact) mass is 295 g/mol. The number of hydrogen-bond donors (Lipinski definition) is 1. The molecule has 0 fully saturated rings. The van der Waals surface area contributed by atoms with Gasteiger partial charge in [0.05, 0.1) is 5.69 Å². The average Bonchev–Trinajstić information content (AvgIpc) is 2.45. The van der Waals surface area contributed by atoms with Crippen LogP contribution in [0, 0.1) is 24.4 Å². The predicted molar refractivity (Wildman–Crippen MR) is 75.7 cm³/mol. The Hall–Kier alpha value is -2.11. The van der Waals surface area contributed by atoms with Gasteiger partial charge in [-0.3, -0.25) is 0 Å². The third kappa shape index (κ3) is 2.70. The van der Waals surface area contributed by atoms with E-state index in [9.17, 15) is 13.2 Å². The highest BCUT2D eigenvalue weighted by Gasteiger charge is 2.20. The van der Waals surface area contributed by atoms with Crippen LogP contribution in [0.1, 0.15) is 31.2 Å². The molecule has 21 heavy (non-hydrogen) atoms. The molecule has 0 bridgehead atoms. The van der Waals surface area contributed by atoms with Crippen LogP contribution in [-0.4, -0.2) is 17.0 Å². The van der Waals surface area contributed by atoms with Crippen LogP contribution < -0.4 is 5.32 Å². The fraction of sp³-hybridized carbons (Fsp3) is 0.333. The van der Waals surface area contributed by atoms with Gasteiger partial charge in [0.25, 0.3) is 0 Å². The maximum Gasteiger partial charge on any atom is 0.195 e. The summed E-state index contributed by atoms with van der Waals surface area (Å²) in [5, 5.41) is 2.90. The Morgan fingerprint density at radius 2 is 1.71 bits per heavy atom. The van der Waals surface area contributed by atoms with Crippen molar-refractivity contribution in [2.75, 3.05) is 12.4 Å².